The van der Waals surface area contributed by atoms with Gasteiger partial charge in [0.25, 0.3) is 0 Å². The first kappa shape index (κ1) is 11.1. The lowest BCUT2D eigenvalue weighted by Crippen LogP contribution is -1.96. The van der Waals surface area contributed by atoms with E-state index < -0.39 is 12.6 Å². The van der Waals surface area contributed by atoms with Crippen LogP contribution in [0.1, 0.15) is 11.5 Å². The van der Waals surface area contributed by atoms with E-state index in [1.54, 1.807) is 6.07 Å². The van der Waals surface area contributed by atoms with Crippen molar-refractivity contribution in [2.75, 3.05) is 6.67 Å². The van der Waals surface area contributed by atoms with Crippen LogP contribution in [0.3, 0.4) is 0 Å². The number of halogens is 4. The molecular weight excluding hydrogens is 233 g/mol. The molecule has 0 fully saturated rings. The summed E-state index contributed by atoms with van der Waals surface area (Å²) in [6, 6.07) is 3.04. The van der Waals surface area contributed by atoms with Gasteiger partial charge in [-0.05, 0) is 24.6 Å². The highest BCUT2D eigenvalue weighted by molar-refractivity contribution is 6.43. The van der Waals surface area contributed by atoms with Crippen LogP contribution in [0.4, 0.5) is 4.39 Å². The fraction of sp³-hybridized carbons (Fsp3) is 0.222. The van der Waals surface area contributed by atoms with Crippen LogP contribution in [-0.4, -0.2) is 6.67 Å². The SMILES string of the molecule is [CH2]C(CF)c1cc(Cl)c(Cl)cc1Cl. The van der Waals surface area contributed by atoms with Crippen molar-refractivity contribution < 1.29 is 4.39 Å². The molecule has 4 heteroatoms. The Balaban J connectivity index is 3.15. The predicted molar refractivity (Wildman–Crippen MR) is 55.5 cm³/mol. The molecule has 0 nitrogen and oxygen atoms in total. The molecule has 0 N–H and O–H groups in total. The van der Waals surface area contributed by atoms with Crippen molar-refractivity contribution in [3.63, 3.8) is 0 Å². The quantitative estimate of drug-likeness (QED) is 0.666. The highest BCUT2D eigenvalue weighted by Gasteiger charge is 2.12. The second-order valence-electron chi connectivity index (χ2n) is 2.64. The minimum absolute atomic E-state index is 0.362. The van der Waals surface area contributed by atoms with Crippen molar-refractivity contribution in [3.8, 4) is 0 Å². The molecule has 0 aliphatic heterocycles. The Bertz CT molecular complexity index is 312. The van der Waals surface area contributed by atoms with Gasteiger partial charge in [0.2, 0.25) is 0 Å². The number of hydrogen-bond donors (Lipinski definition) is 0. The summed E-state index contributed by atoms with van der Waals surface area (Å²) in [7, 11) is 0. The van der Waals surface area contributed by atoms with Gasteiger partial charge in [-0.3, -0.25) is 4.39 Å². The maximum atomic E-state index is 12.3. The van der Waals surface area contributed by atoms with E-state index in [2.05, 4.69) is 6.92 Å². The first-order valence-corrected chi connectivity index (χ1v) is 4.73. The lowest BCUT2D eigenvalue weighted by molar-refractivity contribution is 0.465. The van der Waals surface area contributed by atoms with Gasteiger partial charge >= 0.3 is 0 Å². The van der Waals surface area contributed by atoms with Crippen molar-refractivity contribution in [1.82, 2.24) is 0 Å². The summed E-state index contributed by atoms with van der Waals surface area (Å²) in [4.78, 5) is 0. The summed E-state index contributed by atoms with van der Waals surface area (Å²) in [6.45, 7) is 3.03. The Morgan fingerprint density at radius 3 is 2.23 bits per heavy atom. The van der Waals surface area contributed by atoms with E-state index in [0.717, 1.165) is 0 Å². The molecule has 0 bridgehead atoms. The normalized spacial score (nSPS) is 13.0. The van der Waals surface area contributed by atoms with Crippen molar-refractivity contribution >= 4 is 34.8 Å². The number of alkyl halides is 1. The fourth-order valence-electron chi connectivity index (χ4n) is 0.934. The van der Waals surface area contributed by atoms with Gasteiger partial charge in [-0.25, -0.2) is 0 Å². The van der Waals surface area contributed by atoms with Gasteiger partial charge in [-0.1, -0.05) is 34.8 Å². The number of hydrogen-bond acceptors (Lipinski definition) is 0. The molecule has 1 atom stereocenters. The van der Waals surface area contributed by atoms with Crippen LogP contribution >= 0.6 is 34.8 Å². The van der Waals surface area contributed by atoms with Crippen LogP contribution in [0.2, 0.25) is 15.1 Å². The van der Waals surface area contributed by atoms with Gasteiger partial charge in [-0.2, -0.15) is 0 Å². The molecule has 0 aliphatic rings. The van der Waals surface area contributed by atoms with Crippen LogP contribution in [0.25, 0.3) is 0 Å². The Hall–Kier alpha value is 0.0200. The molecule has 1 aromatic rings. The molecule has 0 aromatic heterocycles. The first-order valence-electron chi connectivity index (χ1n) is 3.59. The minimum Gasteiger partial charge on any atom is -0.250 e. The molecule has 0 saturated carbocycles. The second kappa shape index (κ2) is 4.50. The smallest absolute Gasteiger partial charge is 0.0963 e. The summed E-state index contributed by atoms with van der Waals surface area (Å²) in [6.07, 6.45) is 0. The van der Waals surface area contributed by atoms with Crippen LogP contribution in [0.5, 0.6) is 0 Å². The molecule has 0 aliphatic carbocycles. The Morgan fingerprint density at radius 2 is 1.69 bits per heavy atom. The average Bonchev–Trinajstić information content (AvgIpc) is 2.10. The van der Waals surface area contributed by atoms with Crippen LogP contribution < -0.4 is 0 Å². The topological polar surface area (TPSA) is 0 Å². The molecule has 1 rings (SSSR count). The van der Waals surface area contributed by atoms with Gasteiger partial charge in [0.05, 0.1) is 16.7 Å². The minimum atomic E-state index is -0.572. The van der Waals surface area contributed by atoms with Gasteiger partial charge in [-0.15, -0.1) is 0 Å². The van der Waals surface area contributed by atoms with Crippen LogP contribution in [0.15, 0.2) is 12.1 Å². The Labute approximate surface area is 91.6 Å². The zero-order valence-electron chi connectivity index (χ0n) is 6.66. The summed E-state index contributed by atoms with van der Waals surface area (Å²) in [5.41, 5.74) is 0.582. The fourth-order valence-corrected chi connectivity index (χ4v) is 1.64. The highest BCUT2D eigenvalue weighted by Crippen LogP contribution is 2.32. The van der Waals surface area contributed by atoms with Crippen molar-refractivity contribution in [2.24, 2.45) is 0 Å². The molecule has 0 heterocycles. The van der Waals surface area contributed by atoms with Crippen molar-refractivity contribution in [3.05, 3.63) is 39.7 Å². The maximum absolute atomic E-state index is 12.3. The third-order valence-electron chi connectivity index (χ3n) is 1.67. The van der Waals surface area contributed by atoms with E-state index in [9.17, 15) is 4.39 Å². The monoisotopic (exact) mass is 239 g/mol. The zero-order chi connectivity index (χ0) is 10.0. The second-order valence-corrected chi connectivity index (χ2v) is 3.86. The predicted octanol–water partition coefficient (Wildman–Crippen LogP) is 4.53. The number of rotatable bonds is 2. The molecule has 1 unspecified atom stereocenters. The molecule has 71 valence electrons. The van der Waals surface area contributed by atoms with Gasteiger partial charge in [0, 0.05) is 10.9 Å². The van der Waals surface area contributed by atoms with Crippen molar-refractivity contribution in [2.45, 2.75) is 5.92 Å². The third kappa shape index (κ3) is 2.49. The Kier molecular flexibility index (Phi) is 3.84. The van der Waals surface area contributed by atoms with Gasteiger partial charge < -0.3 is 0 Å². The van der Waals surface area contributed by atoms with E-state index >= 15 is 0 Å². The molecular formula is C9H7Cl3F. The van der Waals surface area contributed by atoms with Gasteiger partial charge in [0.15, 0.2) is 0 Å². The van der Waals surface area contributed by atoms with Crippen molar-refractivity contribution in [1.29, 1.82) is 0 Å². The molecule has 0 amide bonds. The van der Waals surface area contributed by atoms with E-state index in [0.29, 0.717) is 20.6 Å². The summed E-state index contributed by atoms with van der Waals surface area (Å²) >= 11 is 17.3. The summed E-state index contributed by atoms with van der Waals surface area (Å²) in [5, 5.41) is 1.12. The maximum Gasteiger partial charge on any atom is 0.0963 e. The highest BCUT2D eigenvalue weighted by atomic mass is 35.5. The zero-order valence-corrected chi connectivity index (χ0v) is 8.93. The van der Waals surface area contributed by atoms with E-state index in [-0.39, 0.29) is 0 Å². The lowest BCUT2D eigenvalue weighted by atomic mass is 10.0. The average molecular weight is 241 g/mol. The molecule has 13 heavy (non-hydrogen) atoms. The largest absolute Gasteiger partial charge is 0.250 e. The molecule has 0 spiro atoms. The van der Waals surface area contributed by atoms with E-state index in [1.807, 2.05) is 0 Å². The summed E-state index contributed by atoms with van der Waals surface area (Å²) < 4.78 is 12.3. The molecule has 1 radical (unpaired) electrons. The van der Waals surface area contributed by atoms with Crippen LogP contribution in [-0.2, 0) is 0 Å². The standard InChI is InChI=1S/C9H7Cl3F/c1-5(4-13)6-2-8(11)9(12)3-7(6)10/h2-3,5H,1,4H2. The van der Waals surface area contributed by atoms with Gasteiger partial charge in [0.1, 0.15) is 0 Å². The molecule has 1 aromatic carbocycles. The Morgan fingerprint density at radius 1 is 1.15 bits per heavy atom. The first-order chi connectivity index (χ1) is 6.06. The van der Waals surface area contributed by atoms with Crippen LogP contribution in [0, 0.1) is 6.92 Å². The third-order valence-corrected chi connectivity index (χ3v) is 2.72. The lowest BCUT2D eigenvalue weighted by Gasteiger charge is -2.10. The summed E-state index contributed by atoms with van der Waals surface area (Å²) in [5.74, 6) is -0.498. The number of benzene rings is 1. The molecule has 0 saturated heterocycles. The van der Waals surface area contributed by atoms with E-state index in [4.69, 9.17) is 34.8 Å². The van der Waals surface area contributed by atoms with E-state index in [1.165, 1.54) is 6.07 Å².